The van der Waals surface area contributed by atoms with Gasteiger partial charge in [-0.1, -0.05) is 44.5 Å². The van der Waals surface area contributed by atoms with Crippen molar-refractivity contribution in [2.24, 2.45) is 5.92 Å². The molecule has 0 radical (unpaired) electrons. The van der Waals surface area contributed by atoms with Crippen molar-refractivity contribution in [2.45, 2.75) is 65.5 Å². The van der Waals surface area contributed by atoms with Crippen molar-refractivity contribution in [1.29, 1.82) is 0 Å². The van der Waals surface area contributed by atoms with Gasteiger partial charge in [-0.25, -0.2) is 0 Å². The molecule has 0 spiro atoms. The summed E-state index contributed by atoms with van der Waals surface area (Å²) in [5.41, 5.74) is 2.71. The van der Waals surface area contributed by atoms with Crippen LogP contribution in [0.5, 0.6) is 11.5 Å². The maximum Gasteiger partial charge on any atom is 0.119 e. The van der Waals surface area contributed by atoms with Crippen LogP contribution in [0.25, 0.3) is 0 Å². The molecule has 2 aromatic carbocycles. The smallest absolute Gasteiger partial charge is 0.119 e. The molecule has 1 atom stereocenters. The minimum absolute atomic E-state index is 0.213. The van der Waals surface area contributed by atoms with Crippen molar-refractivity contribution in [3.05, 3.63) is 59.7 Å². The van der Waals surface area contributed by atoms with E-state index < -0.39 is 0 Å². The van der Waals surface area contributed by atoms with Gasteiger partial charge in [-0.05, 0) is 80.5 Å². The van der Waals surface area contributed by atoms with E-state index in [2.05, 4.69) is 67.7 Å². The van der Waals surface area contributed by atoms with Gasteiger partial charge in [0.2, 0.25) is 0 Å². The highest BCUT2D eigenvalue weighted by Crippen LogP contribution is 2.28. The van der Waals surface area contributed by atoms with E-state index in [1.165, 1.54) is 24.0 Å². The van der Waals surface area contributed by atoms with Crippen LogP contribution in [-0.4, -0.2) is 19.8 Å². The molecule has 0 saturated carbocycles. The van der Waals surface area contributed by atoms with Gasteiger partial charge in [0, 0.05) is 6.54 Å². The van der Waals surface area contributed by atoms with Crippen LogP contribution in [0.4, 0.5) is 0 Å². The molecule has 0 unspecified atom stereocenters. The Morgan fingerprint density at radius 1 is 0.786 bits per heavy atom. The van der Waals surface area contributed by atoms with E-state index in [9.17, 15) is 0 Å². The Morgan fingerprint density at radius 3 is 2.00 bits per heavy atom. The number of nitrogens with one attached hydrogen (secondary N) is 1. The van der Waals surface area contributed by atoms with Gasteiger partial charge in [-0.15, -0.1) is 0 Å². The summed E-state index contributed by atoms with van der Waals surface area (Å²) in [6.45, 7) is 10.6. The summed E-state index contributed by atoms with van der Waals surface area (Å²) in [5.74, 6) is 3.18. The minimum Gasteiger partial charge on any atom is -0.497 e. The topological polar surface area (TPSA) is 30.5 Å². The Morgan fingerprint density at radius 2 is 1.43 bits per heavy atom. The fourth-order valence-corrected chi connectivity index (χ4v) is 3.36. The van der Waals surface area contributed by atoms with Gasteiger partial charge in [-0.2, -0.15) is 0 Å². The average molecular weight is 384 g/mol. The van der Waals surface area contributed by atoms with Crippen molar-refractivity contribution in [2.75, 3.05) is 13.7 Å². The lowest BCUT2D eigenvalue weighted by atomic mass is 9.88. The molecule has 0 aliphatic heterocycles. The van der Waals surface area contributed by atoms with Crippen LogP contribution >= 0.6 is 0 Å². The van der Waals surface area contributed by atoms with Crippen molar-refractivity contribution < 1.29 is 9.47 Å². The number of methoxy groups -OCH3 is 1. The molecule has 3 nitrogen and oxygen atoms in total. The summed E-state index contributed by atoms with van der Waals surface area (Å²) in [4.78, 5) is 0. The molecule has 0 aromatic heterocycles. The van der Waals surface area contributed by atoms with Crippen LogP contribution in [0.1, 0.15) is 64.0 Å². The van der Waals surface area contributed by atoms with Gasteiger partial charge in [0.15, 0.2) is 0 Å². The first-order chi connectivity index (χ1) is 13.5. The lowest BCUT2D eigenvalue weighted by molar-refractivity contribution is 0.242. The monoisotopic (exact) mass is 383 g/mol. The fraction of sp³-hybridized carbons (Fsp3) is 0.520. The van der Waals surface area contributed by atoms with Gasteiger partial charge < -0.3 is 14.8 Å². The molecule has 2 aromatic rings. The van der Waals surface area contributed by atoms with E-state index in [1.54, 1.807) is 7.11 Å². The largest absolute Gasteiger partial charge is 0.497 e. The van der Waals surface area contributed by atoms with Gasteiger partial charge in [-0.3, -0.25) is 0 Å². The van der Waals surface area contributed by atoms with E-state index >= 15 is 0 Å². The minimum atomic E-state index is 0.213. The zero-order valence-corrected chi connectivity index (χ0v) is 18.2. The molecule has 28 heavy (non-hydrogen) atoms. The summed E-state index contributed by atoms with van der Waals surface area (Å²) in [5, 5.41) is 3.61. The second-order valence-corrected chi connectivity index (χ2v) is 8.22. The maximum absolute atomic E-state index is 5.71. The summed E-state index contributed by atoms with van der Waals surface area (Å²) in [7, 11) is 1.72. The van der Waals surface area contributed by atoms with Crippen molar-refractivity contribution in [3.63, 3.8) is 0 Å². The van der Waals surface area contributed by atoms with Gasteiger partial charge in [0.05, 0.1) is 13.2 Å². The SMILES string of the molecule is COc1ccc([C@H](CCNCc2ccc(OC(C)C)cc2)CCC(C)C)cc1. The predicted molar refractivity (Wildman–Crippen MR) is 118 cm³/mol. The quantitative estimate of drug-likeness (QED) is 0.444. The van der Waals surface area contributed by atoms with Crippen LogP contribution in [0.2, 0.25) is 0 Å². The Hall–Kier alpha value is -2.00. The first kappa shape index (κ1) is 22.3. The number of hydrogen-bond donors (Lipinski definition) is 1. The Labute approximate surface area is 171 Å². The Balaban J connectivity index is 1.84. The summed E-state index contributed by atoms with van der Waals surface area (Å²) < 4.78 is 11.0. The number of ether oxygens (including phenoxy) is 2. The third kappa shape index (κ3) is 7.93. The highest BCUT2D eigenvalue weighted by Gasteiger charge is 2.12. The number of hydrogen-bond acceptors (Lipinski definition) is 3. The number of benzene rings is 2. The second kappa shape index (κ2) is 11.8. The van der Waals surface area contributed by atoms with Crippen LogP contribution in [0, 0.1) is 5.92 Å². The highest BCUT2D eigenvalue weighted by atomic mass is 16.5. The van der Waals surface area contributed by atoms with Crippen molar-refractivity contribution >= 4 is 0 Å². The molecule has 3 heteroatoms. The van der Waals surface area contributed by atoms with E-state index in [0.717, 1.165) is 36.9 Å². The Kier molecular flexibility index (Phi) is 9.36. The lowest BCUT2D eigenvalue weighted by Gasteiger charge is -2.19. The molecule has 0 aliphatic carbocycles. The zero-order chi connectivity index (χ0) is 20.4. The van der Waals surface area contributed by atoms with E-state index in [4.69, 9.17) is 9.47 Å². The molecule has 2 rings (SSSR count). The van der Waals surface area contributed by atoms with E-state index in [-0.39, 0.29) is 6.10 Å². The molecule has 154 valence electrons. The molecule has 0 bridgehead atoms. The van der Waals surface area contributed by atoms with Crippen molar-refractivity contribution in [3.8, 4) is 11.5 Å². The first-order valence-corrected chi connectivity index (χ1v) is 10.6. The number of rotatable bonds is 12. The van der Waals surface area contributed by atoms with Crippen molar-refractivity contribution in [1.82, 2.24) is 5.32 Å². The third-order valence-corrected chi connectivity index (χ3v) is 4.97. The molecule has 0 amide bonds. The molecule has 0 saturated heterocycles. The Bertz CT molecular complexity index is 662. The fourth-order valence-electron chi connectivity index (χ4n) is 3.36. The van der Waals surface area contributed by atoms with E-state index in [0.29, 0.717) is 5.92 Å². The predicted octanol–water partition coefficient (Wildman–Crippen LogP) is 6.18. The molecule has 0 aliphatic rings. The molecule has 0 heterocycles. The van der Waals surface area contributed by atoms with Crippen LogP contribution < -0.4 is 14.8 Å². The zero-order valence-electron chi connectivity index (χ0n) is 18.2. The third-order valence-electron chi connectivity index (χ3n) is 4.97. The average Bonchev–Trinajstić information content (AvgIpc) is 2.68. The molecule has 0 fully saturated rings. The molecular formula is C25H37NO2. The molecular weight excluding hydrogens is 346 g/mol. The lowest BCUT2D eigenvalue weighted by Crippen LogP contribution is -2.17. The first-order valence-electron chi connectivity index (χ1n) is 10.6. The molecule has 1 N–H and O–H groups in total. The summed E-state index contributed by atoms with van der Waals surface area (Å²) >= 11 is 0. The summed E-state index contributed by atoms with van der Waals surface area (Å²) in [6, 6.07) is 17.0. The van der Waals surface area contributed by atoms with Crippen LogP contribution in [0.3, 0.4) is 0 Å². The van der Waals surface area contributed by atoms with Gasteiger partial charge in [0.1, 0.15) is 11.5 Å². The van der Waals surface area contributed by atoms with Crippen LogP contribution in [-0.2, 0) is 6.54 Å². The van der Waals surface area contributed by atoms with Crippen LogP contribution in [0.15, 0.2) is 48.5 Å². The van der Waals surface area contributed by atoms with Gasteiger partial charge in [0.25, 0.3) is 0 Å². The maximum atomic E-state index is 5.71. The summed E-state index contributed by atoms with van der Waals surface area (Å²) in [6.07, 6.45) is 3.85. The van der Waals surface area contributed by atoms with E-state index in [1.807, 2.05) is 13.8 Å². The standard InChI is InChI=1S/C25H37NO2/c1-19(2)6-9-23(22-10-14-24(27-5)15-11-22)16-17-26-18-21-7-12-25(13-8-21)28-20(3)4/h7-8,10-15,19-20,23,26H,6,9,16-18H2,1-5H3/t23-/m0/s1. The normalized spacial score (nSPS) is 12.4. The highest BCUT2D eigenvalue weighted by molar-refractivity contribution is 5.29. The van der Waals surface area contributed by atoms with Gasteiger partial charge >= 0.3 is 0 Å². The second-order valence-electron chi connectivity index (χ2n) is 8.22.